The first kappa shape index (κ1) is 21.6. The fourth-order valence-corrected chi connectivity index (χ4v) is 3.56. The third kappa shape index (κ3) is 4.55. The molecule has 1 unspecified atom stereocenters. The van der Waals surface area contributed by atoms with E-state index in [0.717, 1.165) is 11.3 Å². The van der Waals surface area contributed by atoms with Crippen molar-refractivity contribution < 1.29 is 18.9 Å². The second-order valence-corrected chi connectivity index (χ2v) is 8.30. The van der Waals surface area contributed by atoms with Crippen LogP contribution in [0, 0.1) is 0 Å². The molecule has 3 aromatic rings. The average molecular weight is 432 g/mol. The van der Waals surface area contributed by atoms with Crippen LogP contribution in [0.1, 0.15) is 41.4 Å². The van der Waals surface area contributed by atoms with Gasteiger partial charge in [-0.2, -0.15) is 0 Å². The zero-order valence-electron chi connectivity index (χ0n) is 17.5. The third-order valence-corrected chi connectivity index (χ3v) is 5.23. The quantitative estimate of drug-likeness (QED) is 0.429. The van der Waals surface area contributed by atoms with Crippen LogP contribution in [0.25, 0.3) is 0 Å². The van der Waals surface area contributed by atoms with Gasteiger partial charge in [-0.25, -0.2) is 0 Å². The van der Waals surface area contributed by atoms with Gasteiger partial charge in [0.1, 0.15) is 5.76 Å². The number of carbonyl (C=O) groups is 1. The summed E-state index contributed by atoms with van der Waals surface area (Å²) in [6.45, 7) is 4.56. The molecule has 0 fully saturated rings. The second kappa shape index (κ2) is 8.72. The van der Waals surface area contributed by atoms with Crippen molar-refractivity contribution in [2.75, 3.05) is 31.4 Å². The van der Waals surface area contributed by atoms with Gasteiger partial charge in [0.05, 0.1) is 24.1 Å². The normalized spacial score (nSPS) is 11.6. The summed E-state index contributed by atoms with van der Waals surface area (Å²) in [5.74, 6) is 1.13. The molecule has 0 spiro atoms. The molecule has 30 heavy (non-hydrogen) atoms. The minimum absolute atomic E-state index is 0.147. The molecule has 0 aliphatic carbocycles. The lowest BCUT2D eigenvalue weighted by Crippen LogP contribution is -2.21. The van der Waals surface area contributed by atoms with Crippen LogP contribution in [-0.2, 0) is 6.54 Å². The molecule has 1 atom stereocenters. The highest BCUT2D eigenvalue weighted by Gasteiger charge is 2.23. The maximum absolute atomic E-state index is 12.2. The molecule has 2 N–H and O–H groups in total. The van der Waals surface area contributed by atoms with Crippen LogP contribution in [0.3, 0.4) is 0 Å². The van der Waals surface area contributed by atoms with Gasteiger partial charge in [0, 0.05) is 29.9 Å². The Labute approximate surface area is 178 Å². The Morgan fingerprint density at radius 3 is 2.67 bits per heavy atom. The number of hydrogen-bond acceptors (Lipinski definition) is 8. The third-order valence-electron chi connectivity index (χ3n) is 4.57. The van der Waals surface area contributed by atoms with E-state index >= 15 is 0 Å². The number of hydrogen-bond donors (Lipinski definition) is 2. The molecule has 3 rings (SSSR count). The SMILES string of the molecule is CC(C)c1coc(CN(C)c2n[s+]([O-])nc2Nc2cccc(C(=O)N(C)C)c2O)c1. The largest absolute Gasteiger partial charge is 0.546 e. The van der Waals surface area contributed by atoms with E-state index < -0.39 is 11.1 Å². The molecular formula is C20H25N5O4S. The standard InChI is InChI=1S/C20H25N5O4S/c1-12(2)13-9-14(29-11-13)10-25(5)19-18(22-30(28)23-19)21-16-8-6-7-15(17(16)26)20(27)24(3)4/h6-9,11-12,26H,10H2,1-5H3,(H,21,22). The number of phenols is 1. The molecule has 1 amide bonds. The molecular weight excluding hydrogens is 406 g/mol. The summed E-state index contributed by atoms with van der Waals surface area (Å²) >= 11 is -1.78. The summed E-state index contributed by atoms with van der Waals surface area (Å²) < 4.78 is 25.7. The Morgan fingerprint density at radius 1 is 1.30 bits per heavy atom. The molecule has 9 nitrogen and oxygen atoms in total. The zero-order valence-corrected chi connectivity index (χ0v) is 18.4. The van der Waals surface area contributed by atoms with Crippen LogP contribution in [0.15, 0.2) is 34.9 Å². The molecule has 0 bridgehead atoms. The number of furan rings is 1. The van der Waals surface area contributed by atoms with Crippen LogP contribution in [0.4, 0.5) is 17.3 Å². The highest BCUT2D eigenvalue weighted by molar-refractivity contribution is 7.14. The number of para-hydroxylation sites is 1. The average Bonchev–Trinajstić information content (AvgIpc) is 3.29. The van der Waals surface area contributed by atoms with Crippen molar-refractivity contribution in [1.82, 2.24) is 13.6 Å². The van der Waals surface area contributed by atoms with Gasteiger partial charge < -0.3 is 29.2 Å². The molecule has 0 aliphatic heterocycles. The molecule has 1 aromatic carbocycles. The minimum atomic E-state index is -1.78. The predicted octanol–water partition coefficient (Wildman–Crippen LogP) is 3.71. The van der Waals surface area contributed by atoms with Crippen LogP contribution in [-0.4, -0.2) is 50.4 Å². The van der Waals surface area contributed by atoms with E-state index in [2.05, 4.69) is 27.9 Å². The highest BCUT2D eigenvalue weighted by atomic mass is 32.2. The molecule has 0 radical (unpaired) electrons. The monoisotopic (exact) mass is 431 g/mol. The van der Waals surface area contributed by atoms with E-state index in [4.69, 9.17) is 4.42 Å². The minimum Gasteiger partial charge on any atom is -0.546 e. The van der Waals surface area contributed by atoms with Gasteiger partial charge in [0.25, 0.3) is 5.91 Å². The van der Waals surface area contributed by atoms with Crippen LogP contribution >= 0.6 is 11.1 Å². The van der Waals surface area contributed by atoms with Gasteiger partial charge in [-0.1, -0.05) is 19.9 Å². The van der Waals surface area contributed by atoms with Crippen molar-refractivity contribution in [3.8, 4) is 5.75 Å². The molecule has 10 heteroatoms. The van der Waals surface area contributed by atoms with Crippen molar-refractivity contribution in [2.24, 2.45) is 0 Å². The number of benzene rings is 1. The molecule has 160 valence electrons. The number of anilines is 3. The number of rotatable bonds is 7. The second-order valence-electron chi connectivity index (χ2n) is 7.47. The highest BCUT2D eigenvalue weighted by Crippen LogP contribution is 2.35. The molecule has 0 saturated carbocycles. The molecule has 2 heterocycles. The van der Waals surface area contributed by atoms with Gasteiger partial charge in [0.15, 0.2) is 16.9 Å². The van der Waals surface area contributed by atoms with E-state index in [-0.39, 0.29) is 28.7 Å². The maximum atomic E-state index is 12.2. The number of carbonyl (C=O) groups excluding carboxylic acids is 1. The number of amides is 1. The first-order valence-corrected chi connectivity index (χ1v) is 10.4. The number of phenolic OH excluding ortho intramolecular Hbond substituents is 1. The van der Waals surface area contributed by atoms with Crippen molar-refractivity contribution in [3.63, 3.8) is 0 Å². The van der Waals surface area contributed by atoms with Gasteiger partial charge in [-0.05, 0) is 29.7 Å². The van der Waals surface area contributed by atoms with Gasteiger partial charge in [0.2, 0.25) is 11.6 Å². The molecule has 2 aromatic heterocycles. The van der Waals surface area contributed by atoms with Gasteiger partial charge >= 0.3 is 0 Å². The Morgan fingerprint density at radius 2 is 2.03 bits per heavy atom. The Balaban J connectivity index is 1.85. The Bertz CT molecular complexity index is 1040. The summed E-state index contributed by atoms with van der Waals surface area (Å²) in [6, 6.07) is 6.74. The summed E-state index contributed by atoms with van der Waals surface area (Å²) in [6.07, 6.45) is 1.72. The molecule has 0 saturated heterocycles. The number of nitrogens with one attached hydrogen (secondary N) is 1. The van der Waals surface area contributed by atoms with Crippen molar-refractivity contribution >= 4 is 34.4 Å². The zero-order chi connectivity index (χ0) is 22.0. The summed E-state index contributed by atoms with van der Waals surface area (Å²) in [5.41, 5.74) is 1.50. The van der Waals surface area contributed by atoms with Crippen molar-refractivity contribution in [2.45, 2.75) is 26.3 Å². The maximum Gasteiger partial charge on any atom is 0.257 e. The topological polar surface area (TPSA) is 118 Å². The summed E-state index contributed by atoms with van der Waals surface area (Å²) in [5, 5.41) is 13.5. The smallest absolute Gasteiger partial charge is 0.257 e. The summed E-state index contributed by atoms with van der Waals surface area (Å²) in [4.78, 5) is 15.4. The number of aromatic hydroxyl groups is 1. The predicted molar refractivity (Wildman–Crippen MR) is 115 cm³/mol. The number of aromatic nitrogens is 2. The summed E-state index contributed by atoms with van der Waals surface area (Å²) in [7, 11) is 4.98. The van der Waals surface area contributed by atoms with E-state index in [1.807, 2.05) is 6.07 Å². The van der Waals surface area contributed by atoms with E-state index in [1.165, 1.54) is 11.0 Å². The van der Waals surface area contributed by atoms with Crippen LogP contribution in [0.2, 0.25) is 0 Å². The van der Waals surface area contributed by atoms with Crippen molar-refractivity contribution in [1.29, 1.82) is 0 Å². The van der Waals surface area contributed by atoms with Crippen LogP contribution < -0.4 is 10.2 Å². The fraction of sp³-hybridized carbons (Fsp3) is 0.350. The lowest BCUT2D eigenvalue weighted by molar-refractivity contribution is 0.0824. The van der Waals surface area contributed by atoms with Gasteiger partial charge in [-0.15, -0.1) is 0 Å². The van der Waals surface area contributed by atoms with E-state index in [0.29, 0.717) is 18.3 Å². The number of nitrogens with zero attached hydrogens (tertiary/aromatic N) is 4. The van der Waals surface area contributed by atoms with Crippen molar-refractivity contribution in [3.05, 3.63) is 47.4 Å². The molecule has 0 aliphatic rings. The lowest BCUT2D eigenvalue weighted by atomic mass is 10.1. The van der Waals surface area contributed by atoms with E-state index in [9.17, 15) is 14.5 Å². The lowest BCUT2D eigenvalue weighted by Gasteiger charge is -2.16. The first-order valence-electron chi connectivity index (χ1n) is 9.36. The fourth-order valence-electron chi connectivity index (χ4n) is 2.86. The van der Waals surface area contributed by atoms with E-state index in [1.54, 1.807) is 44.4 Å². The van der Waals surface area contributed by atoms with Crippen LogP contribution in [0.5, 0.6) is 5.75 Å². The first-order chi connectivity index (χ1) is 14.2. The van der Waals surface area contributed by atoms with Gasteiger partial charge in [-0.3, -0.25) is 4.79 Å². The Kier molecular flexibility index (Phi) is 6.28. The Hall–Kier alpha value is -3.11.